The molecule has 0 fully saturated rings. The lowest BCUT2D eigenvalue weighted by Crippen LogP contribution is -2.46. The lowest BCUT2D eigenvalue weighted by atomic mass is 10.0. The van der Waals surface area contributed by atoms with Gasteiger partial charge in [0.1, 0.15) is 0 Å². The molecule has 234 valence electrons. The number of rotatable bonds is 14. The van der Waals surface area contributed by atoms with Crippen LogP contribution in [0.4, 0.5) is 0 Å². The fraction of sp³-hybridized carbons (Fsp3) is 0.880. The molecule has 11 N–H and O–H groups in total. The minimum atomic E-state index is -1.44. The Kier molecular flexibility index (Phi) is 24.4. The van der Waals surface area contributed by atoms with Gasteiger partial charge >= 0.3 is 0 Å². The van der Waals surface area contributed by atoms with Crippen LogP contribution < -0.4 is 16.0 Å². The van der Waals surface area contributed by atoms with E-state index in [4.69, 9.17) is 10.2 Å². The maximum absolute atomic E-state index is 11.3. The number of amides is 3. The Balaban J connectivity index is -0.000000505. The highest BCUT2D eigenvalue weighted by Gasteiger charge is 2.27. The Hall–Kier alpha value is -1.91. The monoisotopic (exact) mass is 571 g/mol. The van der Waals surface area contributed by atoms with Gasteiger partial charge in [-0.1, -0.05) is 48.5 Å². The molecule has 0 radical (unpaired) electrons. The van der Waals surface area contributed by atoms with Crippen LogP contribution in [0.25, 0.3) is 0 Å². The van der Waals surface area contributed by atoms with Gasteiger partial charge in [0.25, 0.3) is 17.7 Å². The Morgan fingerprint density at radius 2 is 0.949 bits per heavy atom. The molecular formula is C25H53N3O11. The van der Waals surface area contributed by atoms with E-state index in [9.17, 15) is 45.0 Å². The van der Waals surface area contributed by atoms with E-state index in [1.165, 1.54) is 7.05 Å². The summed E-state index contributed by atoms with van der Waals surface area (Å²) in [6.45, 7) is 12.1. The van der Waals surface area contributed by atoms with Gasteiger partial charge in [-0.3, -0.25) is 14.4 Å². The van der Waals surface area contributed by atoms with E-state index < -0.39 is 60.4 Å². The van der Waals surface area contributed by atoms with E-state index in [1.54, 1.807) is 48.5 Å². The van der Waals surface area contributed by atoms with Gasteiger partial charge in [-0.15, -0.1) is 0 Å². The zero-order valence-corrected chi connectivity index (χ0v) is 24.4. The van der Waals surface area contributed by atoms with Crippen LogP contribution in [0, 0.1) is 17.8 Å². The second-order valence-electron chi connectivity index (χ2n) is 9.97. The van der Waals surface area contributed by atoms with E-state index >= 15 is 0 Å². The molecule has 39 heavy (non-hydrogen) atoms. The van der Waals surface area contributed by atoms with E-state index in [0.29, 0.717) is 6.42 Å². The van der Waals surface area contributed by atoms with Crippen LogP contribution in [0.1, 0.15) is 54.9 Å². The summed E-state index contributed by atoms with van der Waals surface area (Å²) in [5.74, 6) is -2.36. The highest BCUT2D eigenvalue weighted by atomic mass is 16.3. The average molecular weight is 572 g/mol. The first kappa shape index (κ1) is 41.6. The van der Waals surface area contributed by atoms with Crippen LogP contribution in [0.15, 0.2) is 0 Å². The molecule has 7 atom stereocenters. The summed E-state index contributed by atoms with van der Waals surface area (Å²) >= 11 is 0. The molecule has 0 aromatic carbocycles. The van der Waals surface area contributed by atoms with Crippen LogP contribution in [0.5, 0.6) is 0 Å². The van der Waals surface area contributed by atoms with Crippen molar-refractivity contribution >= 4 is 17.7 Å². The van der Waals surface area contributed by atoms with Gasteiger partial charge in [0.05, 0.1) is 31.0 Å². The standard InChI is InChI=1S/C10H21NO4.C8H17NO4.C7H15NO3/c1-4-7(12)5-11-10(15)9(14)8(13)6(2)3;1-5(2)6(11)7(12)8(13)9-3-4-10;1-4(2)5(9)6(10)7(11)8-3/h6-9,12-14H,4-5H2,1-3H3,(H,11,15);5-7,10-12H,3-4H2,1-2H3,(H,9,13);4-6,9-10H,1-3H3,(H,8,11)/t7?,8-,9+;6-,7+;5-,6+/m111/s1. The first-order chi connectivity index (χ1) is 17.9. The topological polar surface area (TPSA) is 249 Å². The smallest absolute Gasteiger partial charge is 0.251 e. The van der Waals surface area contributed by atoms with Crippen molar-refractivity contribution in [2.75, 3.05) is 26.7 Å². The molecule has 0 aromatic rings. The Morgan fingerprint density at radius 3 is 1.23 bits per heavy atom. The van der Waals surface area contributed by atoms with E-state index in [2.05, 4.69) is 16.0 Å². The quantitative estimate of drug-likeness (QED) is 0.0992. The maximum Gasteiger partial charge on any atom is 0.251 e. The van der Waals surface area contributed by atoms with Crippen molar-refractivity contribution in [2.24, 2.45) is 17.8 Å². The molecule has 14 heteroatoms. The fourth-order valence-electron chi connectivity index (χ4n) is 2.46. The number of aliphatic hydroxyl groups is 8. The van der Waals surface area contributed by atoms with Crippen molar-refractivity contribution in [3.63, 3.8) is 0 Å². The molecule has 1 unspecified atom stereocenters. The number of aliphatic hydroxyl groups excluding tert-OH is 8. The molecule has 0 aliphatic carbocycles. The van der Waals surface area contributed by atoms with Gasteiger partial charge in [-0.05, 0) is 24.2 Å². The summed E-state index contributed by atoms with van der Waals surface area (Å²) in [5, 5.41) is 80.1. The fourth-order valence-corrected chi connectivity index (χ4v) is 2.46. The third-order valence-electron chi connectivity index (χ3n) is 5.47. The molecule has 0 spiro atoms. The van der Waals surface area contributed by atoms with Crippen LogP contribution in [0.3, 0.4) is 0 Å². The van der Waals surface area contributed by atoms with Crippen LogP contribution in [-0.2, 0) is 14.4 Å². The predicted octanol–water partition coefficient (Wildman–Crippen LogP) is -3.17. The minimum Gasteiger partial charge on any atom is -0.395 e. The van der Waals surface area contributed by atoms with E-state index in [0.717, 1.165) is 0 Å². The van der Waals surface area contributed by atoms with Crippen molar-refractivity contribution < 1.29 is 55.2 Å². The third kappa shape index (κ3) is 18.9. The Morgan fingerprint density at radius 1 is 0.615 bits per heavy atom. The van der Waals surface area contributed by atoms with Crippen LogP contribution in [-0.4, -0.2) is 128 Å². The van der Waals surface area contributed by atoms with Gasteiger partial charge in [0, 0.05) is 20.1 Å². The molecule has 0 aromatic heterocycles. The van der Waals surface area contributed by atoms with Crippen molar-refractivity contribution in [3.8, 4) is 0 Å². The number of carbonyl (C=O) groups is 3. The lowest BCUT2D eigenvalue weighted by Gasteiger charge is -2.20. The molecule has 0 saturated heterocycles. The first-order valence-electron chi connectivity index (χ1n) is 13.0. The molecule has 0 aliphatic heterocycles. The van der Waals surface area contributed by atoms with Crippen molar-refractivity contribution in [2.45, 2.75) is 97.6 Å². The predicted molar refractivity (Wildman–Crippen MR) is 144 cm³/mol. The SMILES string of the molecule is CC(C)[C@@H](O)[C@H](O)C(=O)NCCO.CCC(O)CNC(=O)[C@@H](O)[C@H](O)C(C)C.CNC(=O)[C@@H](O)[C@H](O)C(C)C. The molecule has 0 aliphatic rings. The zero-order chi connectivity index (χ0) is 31.5. The van der Waals surface area contributed by atoms with Crippen LogP contribution >= 0.6 is 0 Å². The highest BCUT2D eigenvalue weighted by molar-refractivity contribution is 5.81. The zero-order valence-electron chi connectivity index (χ0n) is 24.4. The second-order valence-corrected chi connectivity index (χ2v) is 9.97. The molecule has 0 bridgehead atoms. The van der Waals surface area contributed by atoms with E-state index in [-0.39, 0.29) is 37.5 Å². The minimum absolute atomic E-state index is 0.0840. The normalized spacial score (nSPS) is 16.4. The first-order valence-corrected chi connectivity index (χ1v) is 13.0. The Bertz CT molecular complexity index is 665. The molecule has 14 nitrogen and oxygen atoms in total. The van der Waals surface area contributed by atoms with Crippen molar-refractivity contribution in [1.29, 1.82) is 0 Å². The van der Waals surface area contributed by atoms with Crippen molar-refractivity contribution in [3.05, 3.63) is 0 Å². The van der Waals surface area contributed by atoms with Gasteiger partial charge in [0.2, 0.25) is 0 Å². The van der Waals surface area contributed by atoms with Gasteiger partial charge < -0.3 is 56.8 Å². The maximum atomic E-state index is 11.3. The number of likely N-dealkylation sites (N-methyl/N-ethyl adjacent to an activating group) is 1. The Labute approximate surface area is 231 Å². The number of carbonyl (C=O) groups excluding carboxylic acids is 3. The lowest BCUT2D eigenvalue weighted by molar-refractivity contribution is -0.137. The molecule has 0 rings (SSSR count). The van der Waals surface area contributed by atoms with Gasteiger partial charge in [-0.2, -0.15) is 0 Å². The largest absolute Gasteiger partial charge is 0.395 e. The summed E-state index contributed by atoms with van der Waals surface area (Å²) < 4.78 is 0. The van der Waals surface area contributed by atoms with Gasteiger partial charge in [-0.25, -0.2) is 0 Å². The molecular weight excluding hydrogens is 518 g/mol. The van der Waals surface area contributed by atoms with Crippen LogP contribution in [0.2, 0.25) is 0 Å². The van der Waals surface area contributed by atoms with E-state index in [1.807, 2.05) is 0 Å². The molecule has 0 saturated carbocycles. The molecule has 0 heterocycles. The number of hydrogen-bond acceptors (Lipinski definition) is 11. The number of hydrogen-bond donors (Lipinski definition) is 11. The summed E-state index contributed by atoms with van der Waals surface area (Å²) in [4.78, 5) is 33.0. The van der Waals surface area contributed by atoms with Gasteiger partial charge in [0.15, 0.2) is 18.3 Å². The highest BCUT2D eigenvalue weighted by Crippen LogP contribution is 2.07. The molecule has 3 amide bonds. The number of nitrogens with one attached hydrogen (secondary N) is 3. The second kappa shape index (κ2) is 22.9. The summed E-state index contributed by atoms with van der Waals surface area (Å²) in [6.07, 6.45) is -7.40. The summed E-state index contributed by atoms with van der Waals surface area (Å²) in [6, 6.07) is 0. The average Bonchev–Trinajstić information content (AvgIpc) is 2.91. The third-order valence-corrected chi connectivity index (χ3v) is 5.47. The summed E-state index contributed by atoms with van der Waals surface area (Å²) in [5.41, 5.74) is 0. The van der Waals surface area contributed by atoms with Crippen molar-refractivity contribution in [1.82, 2.24) is 16.0 Å². The summed E-state index contributed by atoms with van der Waals surface area (Å²) in [7, 11) is 1.42.